The molecular weight excluding hydrogens is 384 g/mol. The Morgan fingerprint density at radius 2 is 1.87 bits per heavy atom. The van der Waals surface area contributed by atoms with Gasteiger partial charge in [-0.2, -0.15) is 0 Å². The molecular formula is C23H26N2O5. The molecule has 0 saturated carbocycles. The van der Waals surface area contributed by atoms with Gasteiger partial charge in [0.25, 0.3) is 0 Å². The molecule has 7 nitrogen and oxygen atoms in total. The summed E-state index contributed by atoms with van der Waals surface area (Å²) in [4.78, 5) is 25.0. The Hall–Kier alpha value is -3.48. The maximum Gasteiger partial charge on any atom is 0.338 e. The van der Waals surface area contributed by atoms with Crippen molar-refractivity contribution < 1.29 is 23.8 Å². The molecule has 2 aromatic carbocycles. The Kier molecular flexibility index (Phi) is 6.95. The molecule has 0 saturated heterocycles. The predicted molar refractivity (Wildman–Crippen MR) is 112 cm³/mol. The number of carbonyl (C=O) groups is 2. The summed E-state index contributed by atoms with van der Waals surface area (Å²) in [5, 5.41) is 5.45. The number of hydrogen-bond acceptors (Lipinski definition) is 5. The maximum absolute atomic E-state index is 12.9. The lowest BCUT2D eigenvalue weighted by atomic mass is 9.95. The SMILES string of the molecule is CCOc1ccc([C@H]2NC(=O)NC(C)=C2C(=O)OCCc2ccccc2)cc1OC. The van der Waals surface area contributed by atoms with Gasteiger partial charge in [-0.15, -0.1) is 0 Å². The van der Waals surface area contributed by atoms with Gasteiger partial charge in [0.05, 0.1) is 31.9 Å². The van der Waals surface area contributed by atoms with Crippen molar-refractivity contribution in [2.45, 2.75) is 26.3 Å². The summed E-state index contributed by atoms with van der Waals surface area (Å²) in [7, 11) is 1.54. The highest BCUT2D eigenvalue weighted by atomic mass is 16.5. The first-order valence-electron chi connectivity index (χ1n) is 9.83. The largest absolute Gasteiger partial charge is 0.493 e. The van der Waals surface area contributed by atoms with Crippen molar-refractivity contribution >= 4 is 12.0 Å². The van der Waals surface area contributed by atoms with Crippen LogP contribution in [-0.4, -0.2) is 32.3 Å². The molecule has 1 heterocycles. The first-order chi connectivity index (χ1) is 14.5. The topological polar surface area (TPSA) is 85.9 Å². The van der Waals surface area contributed by atoms with Crippen LogP contribution in [0.25, 0.3) is 0 Å². The summed E-state index contributed by atoms with van der Waals surface area (Å²) >= 11 is 0. The van der Waals surface area contributed by atoms with Crippen LogP contribution >= 0.6 is 0 Å². The number of nitrogens with one attached hydrogen (secondary N) is 2. The Bertz CT molecular complexity index is 940. The van der Waals surface area contributed by atoms with Gasteiger partial charge in [0.1, 0.15) is 0 Å². The molecule has 0 bridgehead atoms. The van der Waals surface area contributed by atoms with E-state index in [0.717, 1.165) is 5.56 Å². The Morgan fingerprint density at radius 3 is 2.57 bits per heavy atom. The molecule has 0 radical (unpaired) electrons. The molecule has 30 heavy (non-hydrogen) atoms. The highest BCUT2D eigenvalue weighted by Gasteiger charge is 2.32. The first kappa shape index (κ1) is 21.2. The molecule has 0 aromatic heterocycles. The van der Waals surface area contributed by atoms with E-state index >= 15 is 0 Å². The molecule has 2 aromatic rings. The van der Waals surface area contributed by atoms with Gasteiger partial charge >= 0.3 is 12.0 Å². The van der Waals surface area contributed by atoms with Gasteiger partial charge in [-0.05, 0) is 37.1 Å². The molecule has 0 spiro atoms. The van der Waals surface area contributed by atoms with E-state index in [9.17, 15) is 9.59 Å². The second kappa shape index (κ2) is 9.82. The fraction of sp³-hybridized carbons (Fsp3) is 0.304. The fourth-order valence-corrected chi connectivity index (χ4v) is 3.34. The number of amides is 2. The van der Waals surface area contributed by atoms with E-state index in [0.29, 0.717) is 41.4 Å². The lowest BCUT2D eigenvalue weighted by molar-refractivity contribution is -0.139. The minimum absolute atomic E-state index is 0.243. The third kappa shape index (κ3) is 4.92. The molecule has 1 aliphatic rings. The molecule has 2 N–H and O–H groups in total. The van der Waals surface area contributed by atoms with Crippen LogP contribution in [0.2, 0.25) is 0 Å². The summed E-state index contributed by atoms with van der Waals surface area (Å²) in [5.74, 6) is 0.641. The van der Waals surface area contributed by atoms with E-state index in [1.165, 1.54) is 0 Å². The number of carbonyl (C=O) groups excluding carboxylic acids is 2. The second-order valence-corrected chi connectivity index (χ2v) is 6.78. The molecule has 3 rings (SSSR count). The predicted octanol–water partition coefficient (Wildman–Crippen LogP) is 3.51. The quantitative estimate of drug-likeness (QED) is 0.651. The van der Waals surface area contributed by atoms with Crippen molar-refractivity contribution in [3.63, 3.8) is 0 Å². The Balaban J connectivity index is 1.81. The number of hydrogen-bond donors (Lipinski definition) is 2. The fourth-order valence-electron chi connectivity index (χ4n) is 3.34. The van der Waals surface area contributed by atoms with Crippen LogP contribution in [0.15, 0.2) is 59.8 Å². The standard InChI is InChI=1S/C23H26N2O5/c1-4-29-18-11-10-17(14-19(18)28-3)21-20(15(2)24-23(27)25-21)22(26)30-13-12-16-8-6-5-7-9-16/h5-11,14,21H,4,12-13H2,1-3H3,(H2,24,25,27)/t21-/m1/s1. The zero-order valence-corrected chi connectivity index (χ0v) is 17.4. The number of ether oxygens (including phenoxy) is 3. The van der Waals surface area contributed by atoms with E-state index in [4.69, 9.17) is 14.2 Å². The molecule has 2 amide bonds. The van der Waals surface area contributed by atoms with Crippen molar-refractivity contribution in [3.05, 3.63) is 70.9 Å². The lowest BCUT2D eigenvalue weighted by Gasteiger charge is -2.28. The van der Waals surface area contributed by atoms with Gasteiger partial charge in [-0.1, -0.05) is 36.4 Å². The maximum atomic E-state index is 12.9. The third-order valence-corrected chi connectivity index (χ3v) is 4.78. The summed E-state index contributed by atoms with van der Waals surface area (Å²) in [6.07, 6.45) is 0.611. The second-order valence-electron chi connectivity index (χ2n) is 6.78. The van der Waals surface area contributed by atoms with Crippen molar-refractivity contribution in [2.75, 3.05) is 20.3 Å². The average molecular weight is 410 g/mol. The summed E-state index contributed by atoms with van der Waals surface area (Å²) < 4.78 is 16.5. The molecule has 1 atom stereocenters. The minimum atomic E-state index is -0.660. The zero-order chi connectivity index (χ0) is 21.5. The monoisotopic (exact) mass is 410 g/mol. The van der Waals surface area contributed by atoms with Crippen LogP contribution in [-0.2, 0) is 16.0 Å². The molecule has 7 heteroatoms. The van der Waals surface area contributed by atoms with E-state index in [1.54, 1.807) is 32.2 Å². The summed E-state index contributed by atoms with van der Waals surface area (Å²) in [5.41, 5.74) is 2.59. The molecule has 158 valence electrons. The molecule has 0 fully saturated rings. The van der Waals surface area contributed by atoms with E-state index in [1.807, 2.05) is 37.3 Å². The number of benzene rings is 2. The van der Waals surface area contributed by atoms with Crippen molar-refractivity contribution in [1.29, 1.82) is 0 Å². The van der Waals surface area contributed by atoms with Crippen molar-refractivity contribution in [3.8, 4) is 11.5 Å². The van der Waals surface area contributed by atoms with Crippen LogP contribution < -0.4 is 20.1 Å². The molecule has 0 aliphatic carbocycles. The summed E-state index contributed by atoms with van der Waals surface area (Å²) in [6, 6.07) is 14.1. The number of esters is 1. The van der Waals surface area contributed by atoms with Gasteiger partial charge < -0.3 is 24.8 Å². The van der Waals surface area contributed by atoms with Crippen molar-refractivity contribution in [1.82, 2.24) is 10.6 Å². The smallest absolute Gasteiger partial charge is 0.338 e. The number of rotatable bonds is 8. The Labute approximate surface area is 176 Å². The van der Waals surface area contributed by atoms with E-state index in [-0.39, 0.29) is 12.6 Å². The Morgan fingerprint density at radius 1 is 1.10 bits per heavy atom. The van der Waals surface area contributed by atoms with Crippen LogP contribution in [0, 0.1) is 0 Å². The van der Waals surface area contributed by atoms with Crippen LogP contribution in [0.4, 0.5) is 4.79 Å². The normalized spacial score (nSPS) is 15.8. The van der Waals surface area contributed by atoms with Gasteiger partial charge in [-0.25, -0.2) is 9.59 Å². The van der Waals surface area contributed by atoms with Crippen molar-refractivity contribution in [2.24, 2.45) is 0 Å². The lowest BCUT2D eigenvalue weighted by Crippen LogP contribution is -2.45. The van der Waals surface area contributed by atoms with Gasteiger partial charge in [0.15, 0.2) is 11.5 Å². The number of allylic oxidation sites excluding steroid dienone is 1. The minimum Gasteiger partial charge on any atom is -0.493 e. The van der Waals surface area contributed by atoms with Crippen LogP contribution in [0.5, 0.6) is 11.5 Å². The first-order valence-corrected chi connectivity index (χ1v) is 9.83. The van der Waals surface area contributed by atoms with Crippen LogP contribution in [0.3, 0.4) is 0 Å². The van der Waals surface area contributed by atoms with E-state index < -0.39 is 12.0 Å². The van der Waals surface area contributed by atoms with Gasteiger partial charge in [0.2, 0.25) is 0 Å². The zero-order valence-electron chi connectivity index (χ0n) is 17.4. The average Bonchev–Trinajstić information content (AvgIpc) is 2.74. The van der Waals surface area contributed by atoms with E-state index in [2.05, 4.69) is 10.6 Å². The molecule has 0 unspecified atom stereocenters. The van der Waals surface area contributed by atoms with Crippen LogP contribution in [0.1, 0.15) is 31.0 Å². The van der Waals surface area contributed by atoms with Gasteiger partial charge in [-0.3, -0.25) is 0 Å². The van der Waals surface area contributed by atoms with Gasteiger partial charge in [0, 0.05) is 12.1 Å². The highest BCUT2D eigenvalue weighted by Crippen LogP contribution is 2.34. The highest BCUT2D eigenvalue weighted by molar-refractivity contribution is 5.95. The summed E-state index contributed by atoms with van der Waals surface area (Å²) in [6.45, 7) is 4.31. The third-order valence-electron chi connectivity index (χ3n) is 4.78. The number of methoxy groups -OCH3 is 1. The number of urea groups is 1. The molecule has 1 aliphatic heterocycles.